The molecule has 2 aromatic carbocycles. The molecule has 0 radical (unpaired) electrons. The molecule has 2 aromatic rings. The molecule has 0 aromatic heterocycles. The third kappa shape index (κ3) is 8.04. The Balaban J connectivity index is 1.67. The zero-order valence-electron chi connectivity index (χ0n) is 15.3. The number of halogens is 3. The highest BCUT2D eigenvalue weighted by molar-refractivity contribution is 5.93. The first-order valence-corrected chi connectivity index (χ1v) is 8.71. The van der Waals surface area contributed by atoms with Crippen molar-refractivity contribution in [3.8, 4) is 0 Å². The van der Waals surface area contributed by atoms with Crippen LogP contribution in [0.5, 0.6) is 0 Å². The van der Waals surface area contributed by atoms with Crippen LogP contribution in [0.3, 0.4) is 0 Å². The normalized spacial score (nSPS) is 10.9. The molecule has 0 saturated heterocycles. The SMILES string of the molecule is O=C(CCCC(=O)OCC(=O)Nc1cccc(C(F)(F)F)c1)Nc1ccccc1. The number of rotatable bonds is 8. The summed E-state index contributed by atoms with van der Waals surface area (Å²) < 4.78 is 42.7. The van der Waals surface area contributed by atoms with E-state index in [1.54, 1.807) is 24.3 Å². The molecule has 0 aliphatic carbocycles. The lowest BCUT2D eigenvalue weighted by molar-refractivity contribution is -0.147. The number of carbonyl (C=O) groups is 3. The molecule has 0 spiro atoms. The van der Waals surface area contributed by atoms with Crippen LogP contribution in [-0.2, 0) is 25.3 Å². The van der Waals surface area contributed by atoms with Crippen molar-refractivity contribution in [2.75, 3.05) is 17.2 Å². The topological polar surface area (TPSA) is 84.5 Å². The maximum atomic E-state index is 12.6. The van der Waals surface area contributed by atoms with Crippen LogP contribution in [0.2, 0.25) is 0 Å². The molecule has 6 nitrogen and oxygen atoms in total. The van der Waals surface area contributed by atoms with E-state index in [4.69, 9.17) is 4.74 Å². The maximum Gasteiger partial charge on any atom is 0.416 e. The molecular weight excluding hydrogens is 389 g/mol. The van der Waals surface area contributed by atoms with Crippen molar-refractivity contribution in [2.24, 2.45) is 0 Å². The first-order chi connectivity index (χ1) is 13.7. The third-order valence-electron chi connectivity index (χ3n) is 3.68. The number of amides is 2. The molecule has 154 valence electrons. The van der Waals surface area contributed by atoms with E-state index in [9.17, 15) is 27.6 Å². The van der Waals surface area contributed by atoms with Crippen molar-refractivity contribution in [3.05, 3.63) is 60.2 Å². The second-order valence-corrected chi connectivity index (χ2v) is 6.06. The largest absolute Gasteiger partial charge is 0.456 e. The van der Waals surface area contributed by atoms with Crippen LogP contribution < -0.4 is 10.6 Å². The van der Waals surface area contributed by atoms with E-state index in [2.05, 4.69) is 10.6 Å². The van der Waals surface area contributed by atoms with Gasteiger partial charge < -0.3 is 15.4 Å². The van der Waals surface area contributed by atoms with Crippen LogP contribution in [0.25, 0.3) is 0 Å². The highest BCUT2D eigenvalue weighted by Gasteiger charge is 2.30. The second kappa shape index (κ2) is 10.3. The summed E-state index contributed by atoms with van der Waals surface area (Å²) in [7, 11) is 0. The van der Waals surface area contributed by atoms with Crippen LogP contribution in [0, 0.1) is 0 Å². The maximum absolute atomic E-state index is 12.6. The number of anilines is 2. The number of carbonyl (C=O) groups excluding carboxylic acids is 3. The molecule has 0 fully saturated rings. The quantitative estimate of drug-likeness (QED) is 0.647. The Kier molecular flexibility index (Phi) is 7.76. The number of alkyl halides is 3. The van der Waals surface area contributed by atoms with Crippen molar-refractivity contribution in [2.45, 2.75) is 25.4 Å². The minimum atomic E-state index is -4.53. The molecule has 2 amide bonds. The number of ether oxygens (including phenoxy) is 1. The first kappa shape index (κ1) is 21.9. The Morgan fingerprint density at radius 1 is 0.828 bits per heavy atom. The number of benzene rings is 2. The van der Waals surface area contributed by atoms with Gasteiger partial charge in [-0.3, -0.25) is 14.4 Å². The van der Waals surface area contributed by atoms with E-state index in [-0.39, 0.29) is 30.9 Å². The van der Waals surface area contributed by atoms with Gasteiger partial charge in [-0.2, -0.15) is 13.2 Å². The summed E-state index contributed by atoms with van der Waals surface area (Å²) in [6.07, 6.45) is -4.27. The highest BCUT2D eigenvalue weighted by Crippen LogP contribution is 2.30. The van der Waals surface area contributed by atoms with Crippen molar-refractivity contribution >= 4 is 29.2 Å². The number of para-hydroxylation sites is 1. The van der Waals surface area contributed by atoms with Crippen LogP contribution >= 0.6 is 0 Å². The Hall–Kier alpha value is -3.36. The zero-order chi connectivity index (χ0) is 21.3. The predicted molar refractivity (Wildman–Crippen MR) is 100.0 cm³/mol. The monoisotopic (exact) mass is 408 g/mol. The van der Waals surface area contributed by atoms with Crippen molar-refractivity contribution in [1.82, 2.24) is 0 Å². The van der Waals surface area contributed by atoms with E-state index >= 15 is 0 Å². The summed E-state index contributed by atoms with van der Waals surface area (Å²) in [4.78, 5) is 35.1. The smallest absolute Gasteiger partial charge is 0.416 e. The second-order valence-electron chi connectivity index (χ2n) is 6.06. The summed E-state index contributed by atoms with van der Waals surface area (Å²) in [6.45, 7) is -0.634. The molecule has 0 heterocycles. The fraction of sp³-hybridized carbons (Fsp3) is 0.250. The van der Waals surface area contributed by atoms with E-state index in [0.717, 1.165) is 18.2 Å². The standard InChI is InChI=1S/C20H19F3N2O4/c21-20(22,23)14-6-4-9-16(12-14)25-18(27)13-29-19(28)11-5-10-17(26)24-15-7-2-1-3-8-15/h1-4,6-9,12H,5,10-11,13H2,(H,24,26)(H,25,27). The van der Waals surface area contributed by atoms with Gasteiger partial charge in [0.15, 0.2) is 6.61 Å². The van der Waals surface area contributed by atoms with Crippen LogP contribution in [0.15, 0.2) is 54.6 Å². The molecular formula is C20H19F3N2O4. The molecule has 0 atom stereocenters. The van der Waals surface area contributed by atoms with Crippen molar-refractivity contribution in [3.63, 3.8) is 0 Å². The highest BCUT2D eigenvalue weighted by atomic mass is 19.4. The molecule has 0 aliphatic heterocycles. The van der Waals surface area contributed by atoms with Gasteiger partial charge in [-0.1, -0.05) is 24.3 Å². The van der Waals surface area contributed by atoms with Gasteiger partial charge >= 0.3 is 12.1 Å². The van der Waals surface area contributed by atoms with Gasteiger partial charge in [-0.15, -0.1) is 0 Å². The van der Waals surface area contributed by atoms with Crippen LogP contribution in [0.1, 0.15) is 24.8 Å². The summed E-state index contributed by atoms with van der Waals surface area (Å²) >= 11 is 0. The third-order valence-corrected chi connectivity index (χ3v) is 3.68. The molecule has 2 rings (SSSR count). The molecule has 2 N–H and O–H groups in total. The zero-order valence-corrected chi connectivity index (χ0v) is 15.3. The lowest BCUT2D eigenvalue weighted by atomic mass is 10.2. The molecule has 0 aliphatic rings. The van der Waals surface area contributed by atoms with E-state index in [1.165, 1.54) is 6.07 Å². The van der Waals surface area contributed by atoms with Gasteiger partial charge in [0.1, 0.15) is 0 Å². The fourth-order valence-electron chi connectivity index (χ4n) is 2.33. The predicted octanol–water partition coefficient (Wildman–Crippen LogP) is 4.00. The minimum Gasteiger partial charge on any atom is -0.456 e. The summed E-state index contributed by atoms with van der Waals surface area (Å²) in [6, 6.07) is 12.9. The lowest BCUT2D eigenvalue weighted by Crippen LogP contribution is -2.21. The van der Waals surface area contributed by atoms with Crippen molar-refractivity contribution in [1.29, 1.82) is 0 Å². The Morgan fingerprint density at radius 2 is 1.48 bits per heavy atom. The Morgan fingerprint density at radius 3 is 2.17 bits per heavy atom. The van der Waals surface area contributed by atoms with Crippen molar-refractivity contribution < 1.29 is 32.3 Å². The lowest BCUT2D eigenvalue weighted by Gasteiger charge is -2.10. The van der Waals surface area contributed by atoms with Gasteiger partial charge in [-0.05, 0) is 36.8 Å². The van der Waals surface area contributed by atoms with Gasteiger partial charge in [-0.25, -0.2) is 0 Å². The Bertz CT molecular complexity index is 854. The molecule has 0 unspecified atom stereocenters. The van der Waals surface area contributed by atoms with Gasteiger partial charge in [0.05, 0.1) is 5.56 Å². The first-order valence-electron chi connectivity index (χ1n) is 8.71. The summed E-state index contributed by atoms with van der Waals surface area (Å²) in [5.41, 5.74) is -0.314. The fourth-order valence-corrected chi connectivity index (χ4v) is 2.33. The van der Waals surface area contributed by atoms with Crippen LogP contribution in [0.4, 0.5) is 24.5 Å². The number of esters is 1. The molecule has 9 heteroatoms. The average molecular weight is 408 g/mol. The molecule has 0 saturated carbocycles. The van der Waals surface area contributed by atoms with E-state index < -0.39 is 30.2 Å². The Labute approximate surface area is 165 Å². The van der Waals surface area contributed by atoms with E-state index in [1.807, 2.05) is 6.07 Å². The van der Waals surface area contributed by atoms with Gasteiger partial charge in [0.25, 0.3) is 5.91 Å². The number of hydrogen-bond acceptors (Lipinski definition) is 4. The average Bonchev–Trinajstić information content (AvgIpc) is 2.67. The minimum absolute atomic E-state index is 0.0570. The summed E-state index contributed by atoms with van der Waals surface area (Å²) in [5.74, 6) is -1.71. The van der Waals surface area contributed by atoms with E-state index in [0.29, 0.717) is 5.69 Å². The van der Waals surface area contributed by atoms with Crippen LogP contribution in [-0.4, -0.2) is 24.4 Å². The summed E-state index contributed by atoms with van der Waals surface area (Å²) in [5, 5.41) is 4.90. The number of hydrogen-bond donors (Lipinski definition) is 2. The van der Waals surface area contributed by atoms with Gasteiger partial charge in [0.2, 0.25) is 5.91 Å². The van der Waals surface area contributed by atoms with Gasteiger partial charge in [0, 0.05) is 24.2 Å². The molecule has 0 bridgehead atoms. The molecule has 29 heavy (non-hydrogen) atoms. The number of nitrogens with one attached hydrogen (secondary N) is 2.